The predicted octanol–water partition coefficient (Wildman–Crippen LogP) is 3.88. The number of halogens is 2. The maximum atomic E-state index is 13.0. The first-order valence-electron chi connectivity index (χ1n) is 6.65. The van der Waals surface area contributed by atoms with Gasteiger partial charge in [0.1, 0.15) is 0 Å². The Morgan fingerprint density at radius 1 is 1.39 bits per heavy atom. The SMILES string of the molecule is C/C(=C\CC(C)C)NC(=O)C1CCC(F)(F)CC1. The molecular formula is C14H23F2NO. The van der Waals surface area contributed by atoms with Crippen LogP contribution in [0.3, 0.4) is 0 Å². The van der Waals surface area contributed by atoms with Crippen LogP contribution in [0.2, 0.25) is 0 Å². The summed E-state index contributed by atoms with van der Waals surface area (Å²) in [6.45, 7) is 6.06. The lowest BCUT2D eigenvalue weighted by Crippen LogP contribution is -2.35. The summed E-state index contributed by atoms with van der Waals surface area (Å²) in [5.41, 5.74) is 0.825. The second-order valence-corrected chi connectivity index (χ2v) is 5.64. The molecule has 0 saturated heterocycles. The van der Waals surface area contributed by atoms with Gasteiger partial charge in [0.15, 0.2) is 0 Å². The maximum Gasteiger partial charge on any atom is 0.248 e. The van der Waals surface area contributed by atoms with Crippen molar-refractivity contribution in [3.05, 3.63) is 11.8 Å². The molecular weight excluding hydrogens is 236 g/mol. The minimum atomic E-state index is -2.57. The highest BCUT2D eigenvalue weighted by molar-refractivity contribution is 5.80. The van der Waals surface area contributed by atoms with Crippen LogP contribution in [0.15, 0.2) is 11.8 Å². The fourth-order valence-electron chi connectivity index (χ4n) is 2.06. The third-order valence-corrected chi connectivity index (χ3v) is 3.30. The first-order valence-corrected chi connectivity index (χ1v) is 6.65. The molecule has 0 radical (unpaired) electrons. The average molecular weight is 259 g/mol. The van der Waals surface area contributed by atoms with Gasteiger partial charge in [-0.25, -0.2) is 8.78 Å². The maximum absolute atomic E-state index is 13.0. The highest BCUT2D eigenvalue weighted by Gasteiger charge is 2.37. The lowest BCUT2D eigenvalue weighted by molar-refractivity contribution is -0.128. The van der Waals surface area contributed by atoms with Gasteiger partial charge in [-0.2, -0.15) is 0 Å². The monoisotopic (exact) mass is 259 g/mol. The van der Waals surface area contributed by atoms with Crippen LogP contribution in [-0.2, 0) is 4.79 Å². The van der Waals surface area contributed by atoms with E-state index in [1.807, 2.05) is 13.0 Å². The summed E-state index contributed by atoms with van der Waals surface area (Å²) in [6, 6.07) is 0. The highest BCUT2D eigenvalue weighted by Crippen LogP contribution is 2.36. The van der Waals surface area contributed by atoms with Crippen LogP contribution in [0.4, 0.5) is 8.78 Å². The number of carbonyl (C=O) groups excluding carboxylic acids is 1. The first-order chi connectivity index (χ1) is 8.30. The van der Waals surface area contributed by atoms with E-state index in [-0.39, 0.29) is 37.5 Å². The van der Waals surface area contributed by atoms with Crippen molar-refractivity contribution in [2.45, 2.75) is 58.8 Å². The molecule has 0 atom stereocenters. The van der Waals surface area contributed by atoms with Crippen LogP contribution < -0.4 is 5.32 Å². The van der Waals surface area contributed by atoms with Crippen LogP contribution in [0.5, 0.6) is 0 Å². The Morgan fingerprint density at radius 3 is 2.44 bits per heavy atom. The van der Waals surface area contributed by atoms with Crippen molar-refractivity contribution in [3.63, 3.8) is 0 Å². The molecule has 1 aliphatic rings. The molecule has 104 valence electrons. The number of allylic oxidation sites excluding steroid dienone is 2. The molecule has 0 aromatic rings. The van der Waals surface area contributed by atoms with Crippen LogP contribution in [0, 0.1) is 11.8 Å². The van der Waals surface area contributed by atoms with Crippen LogP contribution >= 0.6 is 0 Å². The van der Waals surface area contributed by atoms with Gasteiger partial charge < -0.3 is 5.32 Å². The van der Waals surface area contributed by atoms with Gasteiger partial charge in [0.2, 0.25) is 11.8 Å². The molecule has 1 aliphatic carbocycles. The standard InChI is InChI=1S/C14H23F2NO/c1-10(2)4-5-11(3)17-13(18)12-6-8-14(15,16)9-7-12/h5,10,12H,4,6-9H2,1-3H3,(H,17,18)/b11-5+. The third kappa shape index (κ3) is 5.15. The van der Waals surface area contributed by atoms with E-state index in [9.17, 15) is 13.6 Å². The zero-order valence-electron chi connectivity index (χ0n) is 11.4. The number of hydrogen-bond donors (Lipinski definition) is 1. The minimum absolute atomic E-state index is 0.108. The molecule has 1 amide bonds. The number of carbonyl (C=O) groups is 1. The Labute approximate surface area is 108 Å². The quantitative estimate of drug-likeness (QED) is 0.815. The van der Waals surface area contributed by atoms with Crippen molar-refractivity contribution in [2.24, 2.45) is 11.8 Å². The van der Waals surface area contributed by atoms with E-state index in [4.69, 9.17) is 0 Å². The minimum Gasteiger partial charge on any atom is -0.330 e. The molecule has 0 aliphatic heterocycles. The Morgan fingerprint density at radius 2 is 1.94 bits per heavy atom. The Kier molecular flexibility index (Phi) is 5.29. The largest absolute Gasteiger partial charge is 0.330 e. The Bertz CT molecular complexity index is 314. The van der Waals surface area contributed by atoms with E-state index in [1.165, 1.54) is 0 Å². The highest BCUT2D eigenvalue weighted by atomic mass is 19.3. The zero-order valence-corrected chi connectivity index (χ0v) is 11.4. The lowest BCUT2D eigenvalue weighted by atomic mass is 9.86. The van der Waals surface area contributed by atoms with Crippen LogP contribution in [0.25, 0.3) is 0 Å². The second-order valence-electron chi connectivity index (χ2n) is 5.64. The summed E-state index contributed by atoms with van der Waals surface area (Å²) in [5, 5.41) is 2.81. The molecule has 18 heavy (non-hydrogen) atoms. The molecule has 0 unspecified atom stereocenters. The van der Waals surface area contributed by atoms with Crippen molar-refractivity contribution in [2.75, 3.05) is 0 Å². The van der Waals surface area contributed by atoms with Crippen molar-refractivity contribution < 1.29 is 13.6 Å². The topological polar surface area (TPSA) is 29.1 Å². The smallest absolute Gasteiger partial charge is 0.248 e. The van der Waals surface area contributed by atoms with Crippen molar-refractivity contribution >= 4 is 5.91 Å². The van der Waals surface area contributed by atoms with Crippen LogP contribution in [-0.4, -0.2) is 11.8 Å². The van der Waals surface area contributed by atoms with Crippen molar-refractivity contribution in [1.29, 1.82) is 0 Å². The fourth-order valence-corrected chi connectivity index (χ4v) is 2.06. The Balaban J connectivity index is 2.40. The summed E-state index contributed by atoms with van der Waals surface area (Å²) >= 11 is 0. The molecule has 1 N–H and O–H groups in total. The van der Waals surface area contributed by atoms with Gasteiger partial charge in [0, 0.05) is 24.5 Å². The molecule has 1 fully saturated rings. The van der Waals surface area contributed by atoms with Gasteiger partial charge in [-0.05, 0) is 32.1 Å². The molecule has 1 saturated carbocycles. The molecule has 0 aromatic carbocycles. The number of amides is 1. The summed E-state index contributed by atoms with van der Waals surface area (Å²) in [7, 11) is 0. The fraction of sp³-hybridized carbons (Fsp3) is 0.786. The van der Waals surface area contributed by atoms with E-state index in [0.717, 1.165) is 12.1 Å². The third-order valence-electron chi connectivity index (χ3n) is 3.30. The number of nitrogens with one attached hydrogen (secondary N) is 1. The molecule has 0 bridgehead atoms. The summed E-state index contributed by atoms with van der Waals surface area (Å²) in [4.78, 5) is 11.9. The molecule has 2 nitrogen and oxygen atoms in total. The predicted molar refractivity (Wildman–Crippen MR) is 68.3 cm³/mol. The van der Waals surface area contributed by atoms with Crippen molar-refractivity contribution in [3.8, 4) is 0 Å². The number of alkyl halides is 2. The molecule has 1 rings (SSSR count). The molecule has 0 heterocycles. The van der Waals surface area contributed by atoms with Gasteiger partial charge >= 0.3 is 0 Å². The van der Waals surface area contributed by atoms with E-state index >= 15 is 0 Å². The van der Waals surface area contributed by atoms with Gasteiger partial charge in [0.05, 0.1) is 0 Å². The average Bonchev–Trinajstić information content (AvgIpc) is 2.26. The first kappa shape index (κ1) is 15.1. The number of hydrogen-bond acceptors (Lipinski definition) is 1. The van der Waals surface area contributed by atoms with Gasteiger partial charge in [-0.1, -0.05) is 19.9 Å². The van der Waals surface area contributed by atoms with Gasteiger partial charge in [0.25, 0.3) is 0 Å². The van der Waals surface area contributed by atoms with Crippen LogP contribution in [0.1, 0.15) is 52.9 Å². The second kappa shape index (κ2) is 6.30. The Hall–Kier alpha value is -0.930. The van der Waals surface area contributed by atoms with Gasteiger partial charge in [-0.15, -0.1) is 0 Å². The normalized spacial score (nSPS) is 21.1. The summed E-state index contributed by atoms with van der Waals surface area (Å²) in [5.74, 6) is -2.39. The number of rotatable bonds is 4. The summed E-state index contributed by atoms with van der Waals surface area (Å²) < 4.78 is 25.9. The van der Waals surface area contributed by atoms with E-state index < -0.39 is 5.92 Å². The van der Waals surface area contributed by atoms with Gasteiger partial charge in [-0.3, -0.25) is 4.79 Å². The van der Waals surface area contributed by atoms with Crippen molar-refractivity contribution in [1.82, 2.24) is 5.32 Å². The molecule has 4 heteroatoms. The molecule has 0 aromatic heterocycles. The van der Waals surface area contributed by atoms with E-state index in [0.29, 0.717) is 5.92 Å². The summed E-state index contributed by atoms with van der Waals surface area (Å²) in [6.07, 6.45) is 3.14. The lowest BCUT2D eigenvalue weighted by Gasteiger charge is -2.27. The van der Waals surface area contributed by atoms with E-state index in [2.05, 4.69) is 19.2 Å². The van der Waals surface area contributed by atoms with E-state index in [1.54, 1.807) is 0 Å². The molecule has 0 spiro atoms. The zero-order chi connectivity index (χ0) is 13.8.